The van der Waals surface area contributed by atoms with Crippen LogP contribution in [0, 0.1) is 11.7 Å². The van der Waals surface area contributed by atoms with Crippen LogP contribution < -0.4 is 5.32 Å². The molecule has 0 aliphatic carbocycles. The Balaban J connectivity index is 1.64. The summed E-state index contributed by atoms with van der Waals surface area (Å²) in [5, 5.41) is 11.6. The molecule has 7 heteroatoms. The molecule has 0 unspecified atom stereocenters. The maximum absolute atomic E-state index is 13.7. The van der Waals surface area contributed by atoms with Gasteiger partial charge in [0.1, 0.15) is 5.82 Å². The first-order chi connectivity index (χ1) is 11.2. The lowest BCUT2D eigenvalue weighted by atomic mass is 9.92. The molecule has 0 radical (unpaired) electrons. The van der Waals surface area contributed by atoms with E-state index in [9.17, 15) is 9.18 Å². The van der Waals surface area contributed by atoms with Crippen LogP contribution in [0.25, 0.3) is 5.69 Å². The highest BCUT2D eigenvalue weighted by molar-refractivity contribution is 5.97. The Bertz CT molecular complexity index is 717. The highest BCUT2D eigenvalue weighted by Crippen LogP contribution is 2.27. The Morgan fingerprint density at radius 2 is 2.09 bits per heavy atom. The average Bonchev–Trinajstić information content (AvgIpc) is 3.24. The van der Waals surface area contributed by atoms with Crippen LogP contribution >= 0.6 is 0 Å². The average molecular weight is 315 g/mol. The van der Waals surface area contributed by atoms with E-state index in [1.807, 2.05) is 0 Å². The summed E-state index contributed by atoms with van der Waals surface area (Å²) in [6.45, 7) is 2.40. The monoisotopic (exact) mass is 315 g/mol. The van der Waals surface area contributed by atoms with Gasteiger partial charge in [0.05, 0.1) is 23.6 Å². The van der Waals surface area contributed by atoms with Gasteiger partial charge < -0.3 is 10.2 Å². The molecule has 3 heterocycles. The molecule has 2 aromatic rings. The van der Waals surface area contributed by atoms with E-state index in [1.165, 1.54) is 35.7 Å². The highest BCUT2D eigenvalue weighted by atomic mass is 19.1. The van der Waals surface area contributed by atoms with Crippen molar-refractivity contribution in [3.63, 3.8) is 0 Å². The minimum Gasteiger partial charge on any atom is -0.337 e. The SMILES string of the molecule is O=C(c1cc(F)ccc1-n1nccn1)N1CC[C@H]2CCN[C@H]2C1. The first-order valence-corrected chi connectivity index (χ1v) is 7.91. The van der Waals surface area contributed by atoms with E-state index >= 15 is 0 Å². The Morgan fingerprint density at radius 1 is 1.26 bits per heavy atom. The van der Waals surface area contributed by atoms with Gasteiger partial charge in [-0.05, 0) is 43.5 Å². The van der Waals surface area contributed by atoms with E-state index in [0.29, 0.717) is 36.3 Å². The van der Waals surface area contributed by atoms with Gasteiger partial charge in [-0.3, -0.25) is 4.79 Å². The number of fused-ring (bicyclic) bond motifs is 1. The van der Waals surface area contributed by atoms with Crippen molar-refractivity contribution in [3.05, 3.63) is 42.0 Å². The van der Waals surface area contributed by atoms with Crippen LogP contribution in [0.4, 0.5) is 4.39 Å². The predicted octanol–water partition coefficient (Wildman–Crippen LogP) is 1.23. The minimum atomic E-state index is -0.432. The Labute approximate surface area is 133 Å². The van der Waals surface area contributed by atoms with Crippen LogP contribution in [-0.4, -0.2) is 51.5 Å². The molecule has 1 aromatic heterocycles. The highest BCUT2D eigenvalue weighted by Gasteiger charge is 2.35. The lowest BCUT2D eigenvalue weighted by Gasteiger charge is -2.35. The number of likely N-dealkylation sites (tertiary alicyclic amines) is 1. The van der Waals surface area contributed by atoms with Crippen molar-refractivity contribution in [2.24, 2.45) is 5.92 Å². The number of benzene rings is 1. The minimum absolute atomic E-state index is 0.163. The zero-order valence-electron chi connectivity index (χ0n) is 12.7. The fourth-order valence-corrected chi connectivity index (χ4v) is 3.58. The lowest BCUT2D eigenvalue weighted by Crippen LogP contribution is -2.48. The molecule has 6 nitrogen and oxygen atoms in total. The molecule has 2 saturated heterocycles. The summed E-state index contributed by atoms with van der Waals surface area (Å²) in [5.41, 5.74) is 0.806. The summed E-state index contributed by atoms with van der Waals surface area (Å²) < 4.78 is 13.7. The van der Waals surface area contributed by atoms with Gasteiger partial charge in [-0.25, -0.2) is 4.39 Å². The number of halogens is 1. The number of carbonyl (C=O) groups excluding carboxylic acids is 1. The molecule has 2 fully saturated rings. The van der Waals surface area contributed by atoms with Crippen molar-refractivity contribution in [2.45, 2.75) is 18.9 Å². The van der Waals surface area contributed by atoms with Gasteiger partial charge >= 0.3 is 0 Å². The quantitative estimate of drug-likeness (QED) is 0.905. The number of piperidine rings is 1. The molecule has 4 rings (SSSR count). The number of carbonyl (C=O) groups is 1. The van der Waals surface area contributed by atoms with Crippen LogP contribution in [0.3, 0.4) is 0 Å². The summed E-state index contributed by atoms with van der Waals surface area (Å²) >= 11 is 0. The van der Waals surface area contributed by atoms with Crippen LogP contribution in [0.5, 0.6) is 0 Å². The molecule has 1 aromatic carbocycles. The summed E-state index contributed by atoms with van der Waals surface area (Å²) in [6, 6.07) is 4.49. The first-order valence-electron chi connectivity index (χ1n) is 7.91. The third kappa shape index (κ3) is 2.61. The fourth-order valence-electron chi connectivity index (χ4n) is 3.58. The van der Waals surface area contributed by atoms with Crippen molar-refractivity contribution in [3.8, 4) is 5.69 Å². The zero-order chi connectivity index (χ0) is 15.8. The second-order valence-corrected chi connectivity index (χ2v) is 6.13. The van der Waals surface area contributed by atoms with Gasteiger partial charge in [-0.1, -0.05) is 0 Å². The molecular weight excluding hydrogens is 297 g/mol. The molecule has 120 valence electrons. The third-order valence-corrected chi connectivity index (χ3v) is 4.79. The van der Waals surface area contributed by atoms with E-state index in [2.05, 4.69) is 15.5 Å². The summed E-state index contributed by atoms with van der Waals surface area (Å²) in [7, 11) is 0. The molecule has 23 heavy (non-hydrogen) atoms. The zero-order valence-corrected chi connectivity index (χ0v) is 12.7. The number of rotatable bonds is 2. The van der Waals surface area contributed by atoms with Gasteiger partial charge in [0, 0.05) is 19.1 Å². The number of hydrogen-bond acceptors (Lipinski definition) is 4. The molecule has 0 bridgehead atoms. The van der Waals surface area contributed by atoms with E-state index in [1.54, 1.807) is 11.0 Å². The summed E-state index contributed by atoms with van der Waals surface area (Å²) in [4.78, 5) is 16.1. The van der Waals surface area contributed by atoms with Crippen LogP contribution in [0.1, 0.15) is 23.2 Å². The topological polar surface area (TPSA) is 63.1 Å². The second kappa shape index (κ2) is 5.73. The van der Waals surface area contributed by atoms with Gasteiger partial charge in [-0.2, -0.15) is 15.0 Å². The van der Waals surface area contributed by atoms with E-state index in [4.69, 9.17) is 0 Å². The number of nitrogens with zero attached hydrogens (tertiary/aromatic N) is 4. The van der Waals surface area contributed by atoms with Crippen LogP contribution in [0.15, 0.2) is 30.6 Å². The predicted molar refractivity (Wildman–Crippen MR) is 81.7 cm³/mol. The van der Waals surface area contributed by atoms with Crippen molar-refractivity contribution >= 4 is 5.91 Å². The molecular formula is C16H18FN5O. The van der Waals surface area contributed by atoms with Gasteiger partial charge in [0.25, 0.3) is 5.91 Å². The summed E-state index contributed by atoms with van der Waals surface area (Å²) in [6.07, 6.45) is 5.24. The molecule has 0 saturated carbocycles. The fraction of sp³-hybridized carbons (Fsp3) is 0.438. The first kappa shape index (κ1) is 14.3. The molecule has 1 amide bonds. The van der Waals surface area contributed by atoms with Crippen molar-refractivity contribution in [1.29, 1.82) is 0 Å². The van der Waals surface area contributed by atoms with Crippen molar-refractivity contribution in [2.75, 3.05) is 19.6 Å². The summed E-state index contributed by atoms with van der Waals surface area (Å²) in [5.74, 6) is 0.0564. The standard InChI is InChI=1S/C16H18FN5O/c17-12-1-2-15(22-19-6-7-20-22)13(9-12)16(23)21-8-4-11-3-5-18-14(11)10-21/h1-2,6-7,9,11,14,18H,3-5,8,10H2/t11-,14+/m1/s1. The van der Waals surface area contributed by atoms with E-state index < -0.39 is 5.82 Å². The Hall–Kier alpha value is -2.28. The molecule has 0 spiro atoms. The van der Waals surface area contributed by atoms with Gasteiger partial charge in [-0.15, -0.1) is 0 Å². The largest absolute Gasteiger partial charge is 0.337 e. The maximum Gasteiger partial charge on any atom is 0.256 e. The Kier molecular flexibility index (Phi) is 3.57. The van der Waals surface area contributed by atoms with E-state index in [-0.39, 0.29) is 5.91 Å². The van der Waals surface area contributed by atoms with Crippen molar-refractivity contribution < 1.29 is 9.18 Å². The number of aromatic nitrogens is 3. The number of nitrogens with one attached hydrogen (secondary N) is 1. The number of hydrogen-bond donors (Lipinski definition) is 1. The third-order valence-electron chi connectivity index (χ3n) is 4.79. The Morgan fingerprint density at radius 3 is 2.91 bits per heavy atom. The molecule has 1 N–H and O–H groups in total. The van der Waals surface area contributed by atoms with Crippen LogP contribution in [-0.2, 0) is 0 Å². The number of amides is 1. The molecule has 2 aliphatic heterocycles. The van der Waals surface area contributed by atoms with Gasteiger partial charge in [0.15, 0.2) is 0 Å². The van der Waals surface area contributed by atoms with Crippen molar-refractivity contribution in [1.82, 2.24) is 25.2 Å². The van der Waals surface area contributed by atoms with Gasteiger partial charge in [0.2, 0.25) is 0 Å². The normalized spacial score (nSPS) is 23.8. The maximum atomic E-state index is 13.7. The van der Waals surface area contributed by atoms with Crippen LogP contribution in [0.2, 0.25) is 0 Å². The van der Waals surface area contributed by atoms with E-state index in [0.717, 1.165) is 13.0 Å². The lowest BCUT2D eigenvalue weighted by molar-refractivity contribution is 0.0668. The second-order valence-electron chi connectivity index (χ2n) is 6.13. The molecule has 2 atom stereocenters. The molecule has 2 aliphatic rings. The smallest absolute Gasteiger partial charge is 0.256 e.